The molecule has 1 aromatic carbocycles. The molecule has 0 spiro atoms. The molecule has 3 rings (SSSR count). The highest BCUT2D eigenvalue weighted by molar-refractivity contribution is 6.05. The Morgan fingerprint density at radius 2 is 1.70 bits per heavy atom. The summed E-state index contributed by atoms with van der Waals surface area (Å²) in [6.45, 7) is 3.68. The maximum Gasteiger partial charge on any atom is 0.355 e. The normalized spacial score (nSPS) is 18.8. The van der Waals surface area contributed by atoms with Crippen molar-refractivity contribution in [3.63, 3.8) is 0 Å². The Hall–Kier alpha value is -3.35. The molecular formula is C23H26N2O5. The number of anilines is 1. The Morgan fingerprint density at radius 1 is 1.00 bits per heavy atom. The van der Waals surface area contributed by atoms with Crippen molar-refractivity contribution in [1.82, 2.24) is 4.90 Å². The van der Waals surface area contributed by atoms with Crippen LogP contribution in [0.3, 0.4) is 0 Å². The van der Waals surface area contributed by atoms with E-state index in [2.05, 4.69) is 6.92 Å². The van der Waals surface area contributed by atoms with Crippen molar-refractivity contribution >= 4 is 23.5 Å². The lowest BCUT2D eigenvalue weighted by atomic mass is 9.99. The zero-order chi connectivity index (χ0) is 21.7. The van der Waals surface area contributed by atoms with Gasteiger partial charge in [-0.25, -0.2) is 9.59 Å². The van der Waals surface area contributed by atoms with Gasteiger partial charge in [-0.2, -0.15) is 0 Å². The van der Waals surface area contributed by atoms with Gasteiger partial charge in [0.25, 0.3) is 5.91 Å². The van der Waals surface area contributed by atoms with Crippen LogP contribution < -0.4 is 4.90 Å². The summed E-state index contributed by atoms with van der Waals surface area (Å²) >= 11 is 0. The van der Waals surface area contributed by atoms with Crippen LogP contribution in [-0.2, 0) is 19.1 Å². The van der Waals surface area contributed by atoms with Gasteiger partial charge in [-0.3, -0.25) is 4.79 Å². The summed E-state index contributed by atoms with van der Waals surface area (Å²) in [5.74, 6) is -0.818. The quantitative estimate of drug-likeness (QED) is 0.710. The molecule has 0 N–H and O–H groups in total. The monoisotopic (exact) mass is 410 g/mol. The predicted molar refractivity (Wildman–Crippen MR) is 113 cm³/mol. The lowest BCUT2D eigenvalue weighted by molar-refractivity contribution is -0.139. The number of ether oxygens (including phenoxy) is 2. The Balaban J connectivity index is 1.92. The van der Waals surface area contributed by atoms with E-state index in [1.54, 1.807) is 47.5 Å². The van der Waals surface area contributed by atoms with Crippen molar-refractivity contribution in [3.8, 4) is 0 Å². The summed E-state index contributed by atoms with van der Waals surface area (Å²) in [5.41, 5.74) is 1.32. The molecule has 2 aliphatic heterocycles. The third-order valence-electron chi connectivity index (χ3n) is 5.23. The van der Waals surface area contributed by atoms with E-state index in [4.69, 9.17) is 9.47 Å². The maximum absolute atomic E-state index is 12.8. The largest absolute Gasteiger partial charge is 0.465 e. The van der Waals surface area contributed by atoms with E-state index >= 15 is 0 Å². The highest BCUT2D eigenvalue weighted by Crippen LogP contribution is 2.27. The van der Waals surface area contributed by atoms with Crippen LogP contribution in [0.15, 0.2) is 60.0 Å². The predicted octanol–water partition coefficient (Wildman–Crippen LogP) is 3.05. The first kappa shape index (κ1) is 21.4. The highest BCUT2D eigenvalue weighted by Gasteiger charge is 2.28. The van der Waals surface area contributed by atoms with Crippen molar-refractivity contribution in [3.05, 3.63) is 65.5 Å². The Morgan fingerprint density at radius 3 is 2.33 bits per heavy atom. The first-order valence-corrected chi connectivity index (χ1v) is 9.90. The molecule has 30 heavy (non-hydrogen) atoms. The molecule has 1 atom stereocenters. The summed E-state index contributed by atoms with van der Waals surface area (Å²) in [6.07, 6.45) is 8.66. The van der Waals surface area contributed by atoms with Gasteiger partial charge in [-0.1, -0.05) is 13.0 Å². The van der Waals surface area contributed by atoms with Gasteiger partial charge in [-0.15, -0.1) is 0 Å². The minimum absolute atomic E-state index is 0.000147. The first-order valence-electron chi connectivity index (χ1n) is 9.90. The fourth-order valence-corrected chi connectivity index (χ4v) is 3.69. The zero-order valence-electron chi connectivity index (χ0n) is 17.5. The third kappa shape index (κ3) is 4.45. The van der Waals surface area contributed by atoms with Gasteiger partial charge in [0.1, 0.15) is 5.70 Å². The number of methoxy groups -OCH3 is 2. The van der Waals surface area contributed by atoms with Gasteiger partial charge in [0.15, 0.2) is 0 Å². The fraction of sp³-hybridized carbons (Fsp3) is 0.348. The lowest BCUT2D eigenvalue weighted by Crippen LogP contribution is -2.39. The number of benzene rings is 1. The molecule has 158 valence electrons. The first-order chi connectivity index (χ1) is 14.5. The average Bonchev–Trinajstić information content (AvgIpc) is 3.00. The van der Waals surface area contributed by atoms with Gasteiger partial charge in [0.05, 0.1) is 19.8 Å². The highest BCUT2D eigenvalue weighted by atomic mass is 16.5. The molecule has 0 aromatic heterocycles. The standard InChI is InChI=1S/C23H26N2O5/c1-16-7-6-13-24(15-16)21(26)17-9-11-18(12-10-17)25-14-5-4-8-19(22(27)29-2)20(25)23(28)30-3/h4-5,8-12,14,16H,6-7,13,15H2,1-3H3. The average molecular weight is 410 g/mol. The van der Waals surface area contributed by atoms with Crippen LogP contribution in [-0.4, -0.2) is 50.1 Å². The second-order valence-corrected chi connectivity index (χ2v) is 7.36. The molecule has 7 heteroatoms. The maximum atomic E-state index is 12.8. The number of amides is 1. The summed E-state index contributed by atoms with van der Waals surface area (Å²) in [7, 11) is 2.50. The van der Waals surface area contributed by atoms with E-state index in [9.17, 15) is 14.4 Å². The van der Waals surface area contributed by atoms with Gasteiger partial charge >= 0.3 is 11.9 Å². The van der Waals surface area contributed by atoms with E-state index in [1.807, 2.05) is 4.90 Å². The topological polar surface area (TPSA) is 76.2 Å². The molecule has 2 aliphatic rings. The molecule has 1 saturated heterocycles. The van der Waals surface area contributed by atoms with E-state index in [1.165, 1.54) is 20.3 Å². The van der Waals surface area contributed by atoms with Crippen LogP contribution in [0.1, 0.15) is 30.1 Å². The molecule has 1 unspecified atom stereocenters. The van der Waals surface area contributed by atoms with Crippen LogP contribution >= 0.6 is 0 Å². The number of rotatable bonds is 4. The van der Waals surface area contributed by atoms with Crippen LogP contribution in [0.5, 0.6) is 0 Å². The third-order valence-corrected chi connectivity index (χ3v) is 5.23. The van der Waals surface area contributed by atoms with Crippen LogP contribution in [0.4, 0.5) is 5.69 Å². The molecule has 1 amide bonds. The number of carbonyl (C=O) groups excluding carboxylic acids is 3. The van der Waals surface area contributed by atoms with Crippen LogP contribution in [0.2, 0.25) is 0 Å². The van der Waals surface area contributed by atoms with Crippen molar-refractivity contribution in [2.45, 2.75) is 19.8 Å². The van der Waals surface area contributed by atoms with Gasteiger partial charge in [0, 0.05) is 30.5 Å². The number of carbonyl (C=O) groups is 3. The summed E-state index contributed by atoms with van der Waals surface area (Å²) in [5, 5.41) is 0. The van der Waals surface area contributed by atoms with Crippen molar-refractivity contribution < 1.29 is 23.9 Å². The number of likely N-dealkylation sites (tertiary alicyclic amines) is 1. The van der Waals surface area contributed by atoms with Gasteiger partial charge in [0.2, 0.25) is 0 Å². The number of hydrogen-bond acceptors (Lipinski definition) is 6. The number of allylic oxidation sites excluding steroid dienone is 2. The molecule has 1 fully saturated rings. The van der Waals surface area contributed by atoms with Crippen LogP contribution in [0.25, 0.3) is 0 Å². The smallest absolute Gasteiger partial charge is 0.355 e. The molecule has 7 nitrogen and oxygen atoms in total. The molecule has 0 bridgehead atoms. The minimum atomic E-state index is -0.672. The molecule has 0 saturated carbocycles. The van der Waals surface area contributed by atoms with Gasteiger partial charge < -0.3 is 19.3 Å². The molecular weight excluding hydrogens is 384 g/mol. The SMILES string of the molecule is COC(=O)C1=C(C(=O)OC)N(c2ccc(C(=O)N3CCCC(C)C3)cc2)C=CC=C1. The second-order valence-electron chi connectivity index (χ2n) is 7.36. The molecule has 0 aliphatic carbocycles. The van der Waals surface area contributed by atoms with E-state index in [0.29, 0.717) is 17.2 Å². The Kier molecular flexibility index (Phi) is 6.72. The van der Waals surface area contributed by atoms with Crippen molar-refractivity contribution in [2.75, 3.05) is 32.2 Å². The zero-order valence-corrected chi connectivity index (χ0v) is 17.5. The van der Waals surface area contributed by atoms with Crippen molar-refractivity contribution in [2.24, 2.45) is 5.92 Å². The van der Waals surface area contributed by atoms with E-state index < -0.39 is 11.9 Å². The van der Waals surface area contributed by atoms with E-state index in [-0.39, 0.29) is 17.2 Å². The number of esters is 2. The number of nitrogens with zero attached hydrogens (tertiary/aromatic N) is 2. The summed E-state index contributed by atoms with van der Waals surface area (Å²) in [4.78, 5) is 41.0. The lowest BCUT2D eigenvalue weighted by Gasteiger charge is -2.31. The van der Waals surface area contributed by atoms with Crippen molar-refractivity contribution in [1.29, 1.82) is 0 Å². The molecule has 2 heterocycles. The minimum Gasteiger partial charge on any atom is -0.465 e. The molecule has 0 radical (unpaired) electrons. The Bertz CT molecular complexity index is 914. The Labute approximate surface area is 176 Å². The number of hydrogen-bond donors (Lipinski definition) is 0. The van der Waals surface area contributed by atoms with E-state index in [0.717, 1.165) is 25.9 Å². The fourth-order valence-electron chi connectivity index (χ4n) is 3.69. The second kappa shape index (κ2) is 9.43. The van der Waals surface area contributed by atoms with Crippen LogP contribution in [0, 0.1) is 5.92 Å². The van der Waals surface area contributed by atoms with Gasteiger partial charge in [-0.05, 0) is 55.2 Å². The number of piperidine rings is 1. The summed E-state index contributed by atoms with van der Waals surface area (Å²) < 4.78 is 9.72. The summed E-state index contributed by atoms with van der Waals surface area (Å²) in [6, 6.07) is 6.95. The molecule has 1 aromatic rings.